The first kappa shape index (κ1) is 17.2. The van der Waals surface area contributed by atoms with Crippen molar-refractivity contribution in [1.82, 2.24) is 15.2 Å². The van der Waals surface area contributed by atoms with Gasteiger partial charge in [-0.2, -0.15) is 0 Å². The number of anilines is 1. The van der Waals surface area contributed by atoms with Crippen molar-refractivity contribution in [1.29, 1.82) is 0 Å². The number of nitrogens with zero attached hydrogens (tertiary/aromatic N) is 3. The molecule has 0 spiro atoms. The molecule has 2 heterocycles. The number of amides is 2. The molecule has 1 N–H and O–H groups in total. The first-order valence-electron chi connectivity index (χ1n) is 8.52. The molecule has 1 aromatic carbocycles. The average molecular weight is 340 g/mol. The van der Waals surface area contributed by atoms with E-state index in [1.807, 2.05) is 12.1 Å². The molecular formula is C19H24N4O2. The van der Waals surface area contributed by atoms with Gasteiger partial charge in [0.2, 0.25) is 0 Å². The van der Waals surface area contributed by atoms with Crippen LogP contribution in [0.1, 0.15) is 11.1 Å². The number of rotatable bonds is 5. The van der Waals surface area contributed by atoms with Gasteiger partial charge in [-0.3, -0.25) is 4.98 Å². The number of morpholine rings is 1. The standard InChI is InChI=1S/C19H24N4O2/c1-22(19(24)21-14-17-3-2-8-20-13-17)15-16-4-6-18(7-5-16)23-9-11-25-12-10-23/h2-8,13H,9-12,14-15H2,1H3,(H,21,24). The van der Waals surface area contributed by atoms with Crippen molar-refractivity contribution in [2.75, 3.05) is 38.3 Å². The van der Waals surface area contributed by atoms with Gasteiger partial charge in [-0.1, -0.05) is 18.2 Å². The molecule has 3 rings (SSSR count). The minimum absolute atomic E-state index is 0.0962. The summed E-state index contributed by atoms with van der Waals surface area (Å²) in [5.74, 6) is 0. The van der Waals surface area contributed by atoms with Gasteiger partial charge in [0.15, 0.2) is 0 Å². The van der Waals surface area contributed by atoms with E-state index in [2.05, 4.69) is 39.5 Å². The summed E-state index contributed by atoms with van der Waals surface area (Å²) in [6.07, 6.45) is 3.47. The maximum Gasteiger partial charge on any atom is 0.317 e. The van der Waals surface area contributed by atoms with Gasteiger partial charge >= 0.3 is 6.03 Å². The third kappa shape index (κ3) is 4.93. The lowest BCUT2D eigenvalue weighted by atomic mass is 10.2. The maximum atomic E-state index is 12.2. The molecule has 0 atom stereocenters. The molecule has 1 fully saturated rings. The number of aromatic nitrogens is 1. The van der Waals surface area contributed by atoms with E-state index in [1.54, 1.807) is 24.3 Å². The fourth-order valence-corrected chi connectivity index (χ4v) is 2.79. The highest BCUT2D eigenvalue weighted by Crippen LogP contribution is 2.17. The quantitative estimate of drug-likeness (QED) is 0.907. The third-order valence-corrected chi connectivity index (χ3v) is 4.25. The molecule has 1 saturated heterocycles. The molecule has 0 unspecified atom stereocenters. The zero-order valence-electron chi connectivity index (χ0n) is 14.5. The number of hydrogen-bond acceptors (Lipinski definition) is 4. The third-order valence-electron chi connectivity index (χ3n) is 4.25. The predicted molar refractivity (Wildman–Crippen MR) is 97.4 cm³/mol. The van der Waals surface area contributed by atoms with Crippen molar-refractivity contribution in [3.63, 3.8) is 0 Å². The molecule has 0 bridgehead atoms. The van der Waals surface area contributed by atoms with Gasteiger partial charge in [0.25, 0.3) is 0 Å². The number of carbonyl (C=O) groups is 1. The van der Waals surface area contributed by atoms with E-state index in [0.29, 0.717) is 13.1 Å². The van der Waals surface area contributed by atoms with Crippen LogP contribution in [0.3, 0.4) is 0 Å². The summed E-state index contributed by atoms with van der Waals surface area (Å²) >= 11 is 0. The van der Waals surface area contributed by atoms with Crippen LogP contribution in [0.15, 0.2) is 48.8 Å². The molecule has 25 heavy (non-hydrogen) atoms. The zero-order valence-corrected chi connectivity index (χ0v) is 14.5. The number of urea groups is 1. The van der Waals surface area contributed by atoms with Crippen LogP contribution in [0, 0.1) is 0 Å². The number of hydrogen-bond donors (Lipinski definition) is 1. The highest BCUT2D eigenvalue weighted by molar-refractivity contribution is 5.73. The molecule has 6 nitrogen and oxygen atoms in total. The lowest BCUT2D eigenvalue weighted by Crippen LogP contribution is -2.36. The summed E-state index contributed by atoms with van der Waals surface area (Å²) in [4.78, 5) is 20.3. The number of carbonyl (C=O) groups excluding carboxylic acids is 1. The first-order valence-corrected chi connectivity index (χ1v) is 8.52. The number of benzene rings is 1. The summed E-state index contributed by atoms with van der Waals surface area (Å²) in [5.41, 5.74) is 3.30. The molecule has 132 valence electrons. The lowest BCUT2D eigenvalue weighted by molar-refractivity contribution is 0.122. The van der Waals surface area contributed by atoms with Crippen LogP contribution < -0.4 is 10.2 Å². The van der Waals surface area contributed by atoms with Crippen molar-refractivity contribution in [3.8, 4) is 0 Å². The molecule has 6 heteroatoms. The van der Waals surface area contributed by atoms with E-state index in [9.17, 15) is 4.79 Å². The van der Waals surface area contributed by atoms with Gasteiger partial charge in [-0.05, 0) is 29.3 Å². The van der Waals surface area contributed by atoms with E-state index >= 15 is 0 Å². The van der Waals surface area contributed by atoms with Gasteiger partial charge in [0, 0.05) is 51.3 Å². The first-order chi connectivity index (χ1) is 12.2. The Morgan fingerprint density at radius 1 is 1.20 bits per heavy atom. The fourth-order valence-electron chi connectivity index (χ4n) is 2.79. The Morgan fingerprint density at radius 2 is 1.96 bits per heavy atom. The van der Waals surface area contributed by atoms with Crippen molar-refractivity contribution in [2.24, 2.45) is 0 Å². The maximum absolute atomic E-state index is 12.2. The molecule has 1 aliphatic heterocycles. The van der Waals surface area contributed by atoms with Gasteiger partial charge in [0.05, 0.1) is 13.2 Å². The van der Waals surface area contributed by atoms with Gasteiger partial charge < -0.3 is 19.9 Å². The summed E-state index contributed by atoms with van der Waals surface area (Å²) in [5, 5.41) is 2.91. The summed E-state index contributed by atoms with van der Waals surface area (Å²) < 4.78 is 5.38. The molecule has 2 amide bonds. The Balaban J connectivity index is 1.49. The Bertz CT molecular complexity index is 670. The van der Waals surface area contributed by atoms with Crippen LogP contribution in [0.2, 0.25) is 0 Å². The van der Waals surface area contributed by atoms with Crippen molar-refractivity contribution >= 4 is 11.7 Å². The minimum atomic E-state index is -0.0962. The van der Waals surface area contributed by atoms with Crippen LogP contribution in [-0.4, -0.2) is 49.3 Å². The van der Waals surface area contributed by atoms with Crippen molar-refractivity contribution in [3.05, 3.63) is 59.9 Å². The molecular weight excluding hydrogens is 316 g/mol. The van der Waals surface area contributed by atoms with E-state index in [1.165, 1.54) is 5.69 Å². The number of ether oxygens (including phenoxy) is 1. The van der Waals surface area contributed by atoms with E-state index in [-0.39, 0.29) is 6.03 Å². The van der Waals surface area contributed by atoms with E-state index in [0.717, 1.165) is 37.4 Å². The fraction of sp³-hybridized carbons (Fsp3) is 0.368. The van der Waals surface area contributed by atoms with Crippen LogP contribution in [0.5, 0.6) is 0 Å². The summed E-state index contributed by atoms with van der Waals surface area (Å²) in [7, 11) is 1.80. The molecule has 0 saturated carbocycles. The zero-order chi connectivity index (χ0) is 17.5. The Hall–Kier alpha value is -2.60. The molecule has 2 aromatic rings. The van der Waals surface area contributed by atoms with Crippen LogP contribution in [-0.2, 0) is 17.8 Å². The van der Waals surface area contributed by atoms with Crippen LogP contribution >= 0.6 is 0 Å². The smallest absolute Gasteiger partial charge is 0.317 e. The summed E-state index contributed by atoms with van der Waals surface area (Å²) in [6.45, 7) is 4.46. The number of nitrogens with one attached hydrogen (secondary N) is 1. The largest absolute Gasteiger partial charge is 0.378 e. The van der Waals surface area contributed by atoms with E-state index in [4.69, 9.17) is 4.74 Å². The Morgan fingerprint density at radius 3 is 2.64 bits per heavy atom. The second kappa shape index (κ2) is 8.48. The lowest BCUT2D eigenvalue weighted by Gasteiger charge is -2.29. The second-order valence-electron chi connectivity index (χ2n) is 6.14. The molecule has 0 radical (unpaired) electrons. The van der Waals surface area contributed by atoms with Gasteiger partial charge in [-0.25, -0.2) is 4.79 Å². The highest BCUT2D eigenvalue weighted by Gasteiger charge is 2.12. The Labute approximate surface area is 148 Å². The SMILES string of the molecule is CN(Cc1ccc(N2CCOCC2)cc1)C(=O)NCc1cccnc1. The van der Waals surface area contributed by atoms with Gasteiger partial charge in [-0.15, -0.1) is 0 Å². The predicted octanol–water partition coefficient (Wildman–Crippen LogP) is 2.26. The highest BCUT2D eigenvalue weighted by atomic mass is 16.5. The average Bonchev–Trinajstić information content (AvgIpc) is 2.68. The normalized spacial score (nSPS) is 14.2. The van der Waals surface area contributed by atoms with Crippen molar-refractivity contribution < 1.29 is 9.53 Å². The molecule has 1 aromatic heterocycles. The summed E-state index contributed by atoms with van der Waals surface area (Å²) in [6, 6.07) is 12.1. The van der Waals surface area contributed by atoms with Gasteiger partial charge in [0.1, 0.15) is 0 Å². The monoisotopic (exact) mass is 340 g/mol. The second-order valence-corrected chi connectivity index (χ2v) is 6.14. The minimum Gasteiger partial charge on any atom is -0.378 e. The van der Waals surface area contributed by atoms with Crippen molar-refractivity contribution in [2.45, 2.75) is 13.1 Å². The van der Waals surface area contributed by atoms with Crippen LogP contribution in [0.25, 0.3) is 0 Å². The molecule has 0 aliphatic carbocycles. The van der Waals surface area contributed by atoms with Crippen LogP contribution in [0.4, 0.5) is 10.5 Å². The molecule has 1 aliphatic rings. The number of pyridine rings is 1. The Kier molecular flexibility index (Phi) is 5.85. The topological polar surface area (TPSA) is 57.7 Å². The van der Waals surface area contributed by atoms with E-state index < -0.39 is 0 Å².